The van der Waals surface area contributed by atoms with Crippen LogP contribution in [0.1, 0.15) is 11.1 Å². The zero-order valence-electron chi connectivity index (χ0n) is 27.7. The molecular formula is C34H38N8O5S2. The number of carbonyl (C=O) groups is 1. The van der Waals surface area contributed by atoms with E-state index in [0.29, 0.717) is 35.5 Å². The Morgan fingerprint density at radius 2 is 1.53 bits per heavy atom. The molecule has 15 heteroatoms. The molecule has 0 atom stereocenters. The van der Waals surface area contributed by atoms with Crippen LogP contribution in [0.4, 0.5) is 28.8 Å². The number of nitrogens with one attached hydrogen (secondary N) is 2. The monoisotopic (exact) mass is 702 g/mol. The standard InChI is InChI=1S/C34H38N8O5S2/c1-24-9-15-27(16-10-24)49(46,47)42-18-17-28-32(36-29-7-5-6-8-30(29)40(3)48(4,44)45)37-34(38-33(28)42)35-26-13-11-25(12-14-26)23-31(43)41-21-19-39(2)20-22-41/h5-18H,19-23H2,1-4H3,(H2,35,36,37,38). The van der Waals surface area contributed by atoms with E-state index < -0.39 is 20.0 Å². The number of para-hydroxylation sites is 2. The summed E-state index contributed by atoms with van der Waals surface area (Å²) >= 11 is 0. The van der Waals surface area contributed by atoms with E-state index in [0.717, 1.165) is 38.7 Å². The molecule has 0 spiro atoms. The Hall–Kier alpha value is -4.99. The third-order valence-electron chi connectivity index (χ3n) is 8.50. The van der Waals surface area contributed by atoms with Crippen LogP contribution in [-0.4, -0.2) is 93.0 Å². The maximum atomic E-state index is 13.8. The minimum absolute atomic E-state index is 0.0793. The van der Waals surface area contributed by atoms with Crippen LogP contribution in [0.3, 0.4) is 0 Å². The molecule has 3 aromatic carbocycles. The molecule has 0 unspecified atom stereocenters. The molecule has 256 valence electrons. The summed E-state index contributed by atoms with van der Waals surface area (Å²) in [6.07, 6.45) is 2.81. The largest absolute Gasteiger partial charge is 0.340 e. The number of hydrogen-bond acceptors (Lipinski definition) is 10. The fraction of sp³-hybridized carbons (Fsp3) is 0.265. The van der Waals surface area contributed by atoms with E-state index in [9.17, 15) is 21.6 Å². The summed E-state index contributed by atoms with van der Waals surface area (Å²) in [7, 11) is -4.14. The van der Waals surface area contributed by atoms with Crippen LogP contribution in [0.15, 0.2) is 90.0 Å². The number of hydrogen-bond donors (Lipinski definition) is 2. The van der Waals surface area contributed by atoms with E-state index in [-0.39, 0.29) is 34.6 Å². The van der Waals surface area contributed by atoms with Gasteiger partial charge in [-0.2, -0.15) is 9.97 Å². The molecule has 13 nitrogen and oxygen atoms in total. The average Bonchev–Trinajstić information content (AvgIpc) is 3.51. The molecule has 6 rings (SSSR count). The van der Waals surface area contributed by atoms with Crippen molar-refractivity contribution in [2.24, 2.45) is 0 Å². The van der Waals surface area contributed by atoms with Crippen molar-refractivity contribution in [1.29, 1.82) is 0 Å². The van der Waals surface area contributed by atoms with E-state index >= 15 is 0 Å². The van der Waals surface area contributed by atoms with Gasteiger partial charge in [0.1, 0.15) is 5.82 Å². The van der Waals surface area contributed by atoms with Gasteiger partial charge in [0.05, 0.1) is 34.3 Å². The molecule has 5 aromatic rings. The number of amides is 1. The number of sulfonamides is 1. The average molecular weight is 703 g/mol. The van der Waals surface area contributed by atoms with E-state index in [1.54, 1.807) is 54.6 Å². The summed E-state index contributed by atoms with van der Waals surface area (Å²) in [6, 6.07) is 22.3. The number of rotatable bonds is 10. The molecular weight excluding hydrogens is 665 g/mol. The number of carbonyl (C=O) groups excluding carboxylic acids is 1. The second-order valence-corrected chi connectivity index (χ2v) is 15.9. The second-order valence-electron chi connectivity index (χ2n) is 12.1. The number of aryl methyl sites for hydroxylation is 1. The molecule has 1 aliphatic rings. The number of aromatic nitrogens is 3. The van der Waals surface area contributed by atoms with Gasteiger partial charge in [0.25, 0.3) is 10.0 Å². The van der Waals surface area contributed by atoms with Gasteiger partial charge in [0, 0.05) is 45.1 Å². The minimum atomic E-state index is -4.04. The minimum Gasteiger partial charge on any atom is -0.340 e. The van der Waals surface area contributed by atoms with Gasteiger partial charge in [-0.1, -0.05) is 42.0 Å². The maximum absolute atomic E-state index is 13.8. The molecule has 1 aliphatic heterocycles. The fourth-order valence-electron chi connectivity index (χ4n) is 5.50. The highest BCUT2D eigenvalue weighted by Gasteiger charge is 2.24. The Morgan fingerprint density at radius 3 is 2.20 bits per heavy atom. The summed E-state index contributed by atoms with van der Waals surface area (Å²) in [4.78, 5) is 26.4. The van der Waals surface area contributed by atoms with Crippen molar-refractivity contribution in [1.82, 2.24) is 23.7 Å². The molecule has 2 N–H and O–H groups in total. The van der Waals surface area contributed by atoms with Gasteiger partial charge in [-0.05, 0) is 62.0 Å². The van der Waals surface area contributed by atoms with Gasteiger partial charge >= 0.3 is 0 Å². The molecule has 1 amide bonds. The normalized spacial score (nSPS) is 14.2. The van der Waals surface area contributed by atoms with Crippen LogP contribution in [-0.2, 0) is 31.3 Å². The van der Waals surface area contributed by atoms with Crippen LogP contribution in [0.5, 0.6) is 0 Å². The van der Waals surface area contributed by atoms with Crippen LogP contribution in [0.25, 0.3) is 11.0 Å². The van der Waals surface area contributed by atoms with Crippen LogP contribution < -0.4 is 14.9 Å². The van der Waals surface area contributed by atoms with Crippen molar-refractivity contribution in [3.05, 3.63) is 96.2 Å². The van der Waals surface area contributed by atoms with Gasteiger partial charge in [-0.3, -0.25) is 9.10 Å². The number of benzene rings is 3. The van der Waals surface area contributed by atoms with E-state index in [1.807, 2.05) is 43.1 Å². The number of anilines is 5. The number of nitrogens with zero attached hydrogens (tertiary/aromatic N) is 6. The number of likely N-dealkylation sites (N-methyl/N-ethyl adjacent to an activating group) is 1. The maximum Gasteiger partial charge on any atom is 0.269 e. The van der Waals surface area contributed by atoms with Crippen LogP contribution in [0.2, 0.25) is 0 Å². The second kappa shape index (κ2) is 13.5. The first-order valence-electron chi connectivity index (χ1n) is 15.6. The van der Waals surface area contributed by atoms with Crippen molar-refractivity contribution in [2.75, 3.05) is 61.5 Å². The summed E-state index contributed by atoms with van der Waals surface area (Å²) in [5, 5.41) is 6.79. The predicted molar refractivity (Wildman–Crippen MR) is 192 cm³/mol. The molecule has 2 aromatic heterocycles. The lowest BCUT2D eigenvalue weighted by Gasteiger charge is -2.32. The third kappa shape index (κ3) is 7.38. The van der Waals surface area contributed by atoms with Crippen molar-refractivity contribution in [3.8, 4) is 0 Å². The summed E-state index contributed by atoms with van der Waals surface area (Å²) in [5.74, 6) is 0.439. The Morgan fingerprint density at radius 1 is 0.857 bits per heavy atom. The number of fused-ring (bicyclic) bond motifs is 1. The van der Waals surface area contributed by atoms with E-state index in [2.05, 4.69) is 20.5 Å². The van der Waals surface area contributed by atoms with E-state index in [1.165, 1.54) is 13.2 Å². The molecule has 0 bridgehead atoms. The van der Waals surface area contributed by atoms with Crippen LogP contribution >= 0.6 is 0 Å². The zero-order chi connectivity index (χ0) is 34.9. The lowest BCUT2D eigenvalue weighted by atomic mass is 10.1. The summed E-state index contributed by atoms with van der Waals surface area (Å²) in [5.41, 5.74) is 3.33. The Bertz CT molecular complexity index is 2210. The first-order chi connectivity index (χ1) is 23.3. The lowest BCUT2D eigenvalue weighted by molar-refractivity contribution is -0.132. The lowest BCUT2D eigenvalue weighted by Crippen LogP contribution is -2.47. The first kappa shape index (κ1) is 33.9. The highest BCUT2D eigenvalue weighted by Crippen LogP contribution is 2.34. The van der Waals surface area contributed by atoms with Gasteiger partial charge in [0.2, 0.25) is 21.9 Å². The van der Waals surface area contributed by atoms with Crippen LogP contribution in [0, 0.1) is 6.92 Å². The smallest absolute Gasteiger partial charge is 0.269 e. The number of piperazine rings is 1. The first-order valence-corrected chi connectivity index (χ1v) is 18.9. The predicted octanol–water partition coefficient (Wildman–Crippen LogP) is 4.18. The van der Waals surface area contributed by atoms with Crippen molar-refractivity contribution in [3.63, 3.8) is 0 Å². The summed E-state index contributed by atoms with van der Waals surface area (Å²) < 4.78 is 54.7. The molecule has 49 heavy (non-hydrogen) atoms. The topological polar surface area (TPSA) is 150 Å². The highest BCUT2D eigenvalue weighted by molar-refractivity contribution is 7.92. The molecule has 0 radical (unpaired) electrons. The zero-order valence-corrected chi connectivity index (χ0v) is 29.3. The van der Waals surface area contributed by atoms with Gasteiger partial charge in [-0.25, -0.2) is 20.8 Å². The molecule has 0 aliphatic carbocycles. The van der Waals surface area contributed by atoms with Gasteiger partial charge < -0.3 is 20.4 Å². The highest BCUT2D eigenvalue weighted by atomic mass is 32.2. The van der Waals surface area contributed by atoms with Crippen molar-refractivity contribution >= 4 is 65.8 Å². The van der Waals surface area contributed by atoms with Gasteiger partial charge in [0.15, 0.2) is 5.65 Å². The molecule has 1 saturated heterocycles. The molecule has 1 fully saturated rings. The summed E-state index contributed by atoms with van der Waals surface area (Å²) in [6.45, 7) is 5.00. The van der Waals surface area contributed by atoms with Gasteiger partial charge in [-0.15, -0.1) is 0 Å². The van der Waals surface area contributed by atoms with Crippen molar-refractivity contribution in [2.45, 2.75) is 18.2 Å². The van der Waals surface area contributed by atoms with E-state index in [4.69, 9.17) is 4.98 Å². The Labute approximate surface area is 286 Å². The fourth-order valence-corrected chi connectivity index (χ4v) is 7.31. The molecule has 0 saturated carbocycles. The molecule has 3 heterocycles. The Balaban J connectivity index is 1.36. The van der Waals surface area contributed by atoms with Crippen molar-refractivity contribution < 1.29 is 21.6 Å². The quantitative estimate of drug-likeness (QED) is 0.217. The third-order valence-corrected chi connectivity index (χ3v) is 11.4. The Kier molecular flexibility index (Phi) is 9.33. The SMILES string of the molecule is Cc1ccc(S(=O)(=O)n2ccc3c(Nc4ccccc4N(C)S(C)(=O)=O)nc(Nc4ccc(CC(=O)N5CCN(C)CC5)cc4)nc32)cc1.